The molecule has 5 nitrogen and oxygen atoms in total. The summed E-state index contributed by atoms with van der Waals surface area (Å²) >= 11 is 0. The van der Waals surface area contributed by atoms with E-state index in [9.17, 15) is 15.0 Å². The van der Waals surface area contributed by atoms with E-state index < -0.39 is 18.2 Å². The van der Waals surface area contributed by atoms with Crippen molar-refractivity contribution >= 4 is 5.91 Å². The number of aliphatic hydroxyl groups excluding tert-OH is 2. The van der Waals surface area contributed by atoms with Crippen LogP contribution in [0.2, 0.25) is 0 Å². The summed E-state index contributed by atoms with van der Waals surface area (Å²) in [7, 11) is 0. The molecule has 1 rings (SSSR count). The Hall–Kier alpha value is -0.650. The highest BCUT2D eigenvalue weighted by Gasteiger charge is 2.35. The number of hydrogen-bond donors (Lipinski definition) is 4. The largest absolute Gasteiger partial charge is 0.389 e. The first kappa shape index (κ1) is 10.4. The zero-order valence-corrected chi connectivity index (χ0v) is 7.82. The van der Waals surface area contributed by atoms with E-state index in [0.29, 0.717) is 6.54 Å². The van der Waals surface area contributed by atoms with Gasteiger partial charge >= 0.3 is 0 Å². The van der Waals surface area contributed by atoms with Crippen molar-refractivity contribution in [3.8, 4) is 0 Å². The zero-order valence-electron chi connectivity index (χ0n) is 7.82. The summed E-state index contributed by atoms with van der Waals surface area (Å²) in [5.74, 6) is -0.201. The molecular formula is C8H16N2O3. The summed E-state index contributed by atoms with van der Waals surface area (Å²) in [4.78, 5) is 10.7. The highest BCUT2D eigenvalue weighted by Crippen LogP contribution is 2.09. The first-order valence-corrected chi connectivity index (χ1v) is 4.39. The molecule has 13 heavy (non-hydrogen) atoms. The molecule has 0 bridgehead atoms. The molecular weight excluding hydrogens is 172 g/mol. The van der Waals surface area contributed by atoms with E-state index in [-0.39, 0.29) is 11.9 Å². The van der Waals surface area contributed by atoms with Gasteiger partial charge in [-0.1, -0.05) is 0 Å². The molecule has 0 spiro atoms. The van der Waals surface area contributed by atoms with Crippen LogP contribution in [0.3, 0.4) is 0 Å². The maximum atomic E-state index is 10.7. The highest BCUT2D eigenvalue weighted by molar-refractivity contribution is 5.73. The van der Waals surface area contributed by atoms with Crippen LogP contribution in [0, 0.1) is 0 Å². The minimum atomic E-state index is -0.889. The second-order valence-corrected chi connectivity index (χ2v) is 3.49. The molecule has 1 aliphatic rings. The quantitative estimate of drug-likeness (QED) is 0.391. The lowest BCUT2D eigenvalue weighted by Gasteiger charge is -2.37. The summed E-state index contributed by atoms with van der Waals surface area (Å²) in [6.45, 7) is 3.66. The lowest BCUT2D eigenvalue weighted by molar-refractivity contribution is -0.122. The predicted molar refractivity (Wildman–Crippen MR) is 47.1 cm³/mol. The van der Waals surface area contributed by atoms with E-state index in [4.69, 9.17) is 0 Å². The Bertz CT molecular complexity index is 198. The summed E-state index contributed by atoms with van der Waals surface area (Å²) < 4.78 is 0. The number of nitrogens with one attached hydrogen (secondary N) is 2. The Kier molecular flexibility index (Phi) is 3.24. The van der Waals surface area contributed by atoms with Crippen LogP contribution in [-0.4, -0.2) is 47.0 Å². The van der Waals surface area contributed by atoms with E-state index in [1.54, 1.807) is 6.92 Å². The molecule has 0 saturated carbocycles. The van der Waals surface area contributed by atoms with Gasteiger partial charge in [-0.05, 0) is 6.92 Å². The normalized spacial score (nSPS) is 40.0. The molecule has 5 heteroatoms. The van der Waals surface area contributed by atoms with Crippen molar-refractivity contribution in [1.29, 1.82) is 0 Å². The van der Waals surface area contributed by atoms with Crippen molar-refractivity contribution in [2.24, 2.45) is 0 Å². The monoisotopic (exact) mass is 188 g/mol. The van der Waals surface area contributed by atoms with Gasteiger partial charge in [0.05, 0.1) is 12.1 Å². The Morgan fingerprint density at radius 2 is 2.08 bits per heavy atom. The minimum absolute atomic E-state index is 0.139. The van der Waals surface area contributed by atoms with Crippen LogP contribution in [0.5, 0.6) is 0 Å². The van der Waals surface area contributed by atoms with Gasteiger partial charge in [0.25, 0.3) is 0 Å². The number of rotatable bonds is 1. The van der Waals surface area contributed by atoms with E-state index >= 15 is 0 Å². The van der Waals surface area contributed by atoms with Crippen molar-refractivity contribution in [3.63, 3.8) is 0 Å². The van der Waals surface area contributed by atoms with Gasteiger partial charge < -0.3 is 20.8 Å². The fourth-order valence-electron chi connectivity index (χ4n) is 1.49. The molecule has 0 aliphatic carbocycles. The third kappa shape index (κ3) is 2.40. The van der Waals surface area contributed by atoms with Gasteiger partial charge in [-0.3, -0.25) is 4.79 Å². The minimum Gasteiger partial charge on any atom is -0.389 e. The molecule has 1 amide bonds. The van der Waals surface area contributed by atoms with Gasteiger partial charge in [0, 0.05) is 19.5 Å². The highest BCUT2D eigenvalue weighted by atomic mass is 16.3. The summed E-state index contributed by atoms with van der Waals surface area (Å²) in [6, 6.07) is -0.538. The molecule has 0 radical (unpaired) electrons. The van der Waals surface area contributed by atoms with Gasteiger partial charge in [0.2, 0.25) is 5.91 Å². The van der Waals surface area contributed by atoms with Crippen LogP contribution >= 0.6 is 0 Å². The molecule has 1 aliphatic heterocycles. The lowest BCUT2D eigenvalue weighted by atomic mass is 9.95. The van der Waals surface area contributed by atoms with E-state index in [1.165, 1.54) is 6.92 Å². The van der Waals surface area contributed by atoms with Gasteiger partial charge in [-0.15, -0.1) is 0 Å². The van der Waals surface area contributed by atoms with Gasteiger partial charge in [0.15, 0.2) is 0 Å². The molecule has 0 aromatic heterocycles. The van der Waals surface area contributed by atoms with Crippen LogP contribution < -0.4 is 10.6 Å². The lowest BCUT2D eigenvalue weighted by Crippen LogP contribution is -2.63. The van der Waals surface area contributed by atoms with Gasteiger partial charge in [0.1, 0.15) is 6.10 Å². The van der Waals surface area contributed by atoms with Crippen molar-refractivity contribution in [3.05, 3.63) is 0 Å². The first-order chi connectivity index (χ1) is 6.02. The van der Waals surface area contributed by atoms with Gasteiger partial charge in [-0.25, -0.2) is 0 Å². The first-order valence-electron chi connectivity index (χ1n) is 4.39. The summed E-state index contributed by atoms with van der Waals surface area (Å²) in [5.41, 5.74) is 0. The van der Waals surface area contributed by atoms with Crippen LogP contribution in [0.1, 0.15) is 13.8 Å². The number of amides is 1. The van der Waals surface area contributed by atoms with Gasteiger partial charge in [-0.2, -0.15) is 0 Å². The van der Waals surface area contributed by atoms with Crippen LogP contribution in [0.15, 0.2) is 0 Å². The van der Waals surface area contributed by atoms with Crippen molar-refractivity contribution < 1.29 is 15.0 Å². The molecule has 4 atom stereocenters. The fraction of sp³-hybridized carbons (Fsp3) is 0.875. The topological polar surface area (TPSA) is 81.6 Å². The predicted octanol–water partition coefficient (Wildman–Crippen LogP) is -1.80. The Morgan fingerprint density at radius 3 is 2.62 bits per heavy atom. The number of aliphatic hydroxyl groups is 2. The smallest absolute Gasteiger partial charge is 0.217 e. The maximum Gasteiger partial charge on any atom is 0.217 e. The van der Waals surface area contributed by atoms with Crippen molar-refractivity contribution in [1.82, 2.24) is 10.6 Å². The second kappa shape index (κ2) is 4.04. The molecule has 1 fully saturated rings. The molecule has 4 N–H and O–H groups in total. The average molecular weight is 188 g/mol. The summed E-state index contributed by atoms with van der Waals surface area (Å²) in [6.07, 6.45) is -1.72. The second-order valence-electron chi connectivity index (χ2n) is 3.49. The molecule has 0 unspecified atom stereocenters. The maximum absolute atomic E-state index is 10.7. The third-order valence-electron chi connectivity index (χ3n) is 2.32. The van der Waals surface area contributed by atoms with E-state index in [2.05, 4.69) is 10.6 Å². The van der Waals surface area contributed by atoms with Crippen LogP contribution in [0.4, 0.5) is 0 Å². The third-order valence-corrected chi connectivity index (χ3v) is 2.32. The van der Waals surface area contributed by atoms with Crippen LogP contribution in [0.25, 0.3) is 0 Å². The Balaban J connectivity index is 2.53. The number of piperidine rings is 1. The standard InChI is InChI=1S/C8H16N2O3/c1-4-7(12)8(13)6(3-9-4)10-5(2)11/h4,6-9,12-13H,3H2,1-2H3,(H,10,11)/t4-,6+,7+,8-/m1/s1. The average Bonchev–Trinajstić information content (AvgIpc) is 2.06. The zero-order chi connectivity index (χ0) is 10.0. The number of hydrogen-bond acceptors (Lipinski definition) is 4. The molecule has 0 aromatic rings. The molecule has 1 saturated heterocycles. The van der Waals surface area contributed by atoms with E-state index in [1.807, 2.05) is 0 Å². The van der Waals surface area contributed by atoms with Crippen molar-refractivity contribution in [2.45, 2.75) is 38.1 Å². The number of carbonyl (C=O) groups excluding carboxylic acids is 1. The molecule has 76 valence electrons. The Labute approximate surface area is 77.1 Å². The molecule has 1 heterocycles. The van der Waals surface area contributed by atoms with Crippen LogP contribution in [-0.2, 0) is 4.79 Å². The SMILES string of the molecule is CC(=O)N[C@H]1CN[C@H](C)[C@H](O)[C@@H]1O. The van der Waals surface area contributed by atoms with Crippen molar-refractivity contribution in [2.75, 3.05) is 6.54 Å². The molecule has 0 aromatic carbocycles. The van der Waals surface area contributed by atoms with E-state index in [0.717, 1.165) is 0 Å². The number of carbonyl (C=O) groups is 1. The fourth-order valence-corrected chi connectivity index (χ4v) is 1.49. The Morgan fingerprint density at radius 1 is 1.46 bits per heavy atom. The summed E-state index contributed by atoms with van der Waals surface area (Å²) in [5, 5.41) is 24.6.